The van der Waals surface area contributed by atoms with E-state index in [4.69, 9.17) is 5.73 Å². The highest BCUT2D eigenvalue weighted by molar-refractivity contribution is 5.92. The Bertz CT molecular complexity index is 230. The molecule has 5 heteroatoms. The molecule has 14 heavy (non-hydrogen) atoms. The molecule has 2 amide bonds. The number of carbonyl (C=O) groups is 2. The zero-order valence-electron chi connectivity index (χ0n) is 8.36. The van der Waals surface area contributed by atoms with E-state index in [9.17, 15) is 9.59 Å². The van der Waals surface area contributed by atoms with E-state index in [-0.39, 0.29) is 5.91 Å². The largest absolute Gasteiger partial charge is 0.447 e. The zero-order chi connectivity index (χ0) is 10.6. The summed E-state index contributed by atoms with van der Waals surface area (Å²) >= 11 is 0. The van der Waals surface area contributed by atoms with Crippen molar-refractivity contribution in [1.82, 2.24) is 4.90 Å². The fourth-order valence-corrected chi connectivity index (χ4v) is 1.24. The van der Waals surface area contributed by atoms with Gasteiger partial charge in [0, 0.05) is 6.42 Å². The predicted octanol–water partition coefficient (Wildman–Crippen LogP) is 0.340. The van der Waals surface area contributed by atoms with Gasteiger partial charge in [-0.3, -0.25) is 4.79 Å². The Labute approximate surface area is 83.2 Å². The molecule has 1 heterocycles. The highest BCUT2D eigenvalue weighted by Crippen LogP contribution is 2.10. The van der Waals surface area contributed by atoms with Gasteiger partial charge in [0.05, 0.1) is 6.54 Å². The maximum atomic E-state index is 11.5. The molecule has 1 fully saturated rings. The first-order valence-electron chi connectivity index (χ1n) is 4.82. The third-order valence-corrected chi connectivity index (χ3v) is 2.32. The van der Waals surface area contributed by atoms with E-state index in [2.05, 4.69) is 4.74 Å². The maximum absolute atomic E-state index is 11.5. The van der Waals surface area contributed by atoms with Crippen molar-refractivity contribution in [3.8, 4) is 0 Å². The maximum Gasteiger partial charge on any atom is 0.416 e. The minimum Gasteiger partial charge on any atom is -0.447 e. The van der Waals surface area contributed by atoms with Crippen LogP contribution in [0.4, 0.5) is 4.79 Å². The molecule has 80 valence electrons. The van der Waals surface area contributed by atoms with Crippen LogP contribution in [0.5, 0.6) is 0 Å². The number of cyclic esters (lactones) is 1. The number of amides is 2. The minimum atomic E-state index is -0.518. The molecule has 1 aliphatic heterocycles. The van der Waals surface area contributed by atoms with Gasteiger partial charge in [-0.05, 0) is 18.9 Å². The first kappa shape index (κ1) is 11.0. The minimum absolute atomic E-state index is 0.159. The molecule has 0 aliphatic carbocycles. The van der Waals surface area contributed by atoms with E-state index in [1.807, 2.05) is 6.92 Å². The molecule has 1 rings (SSSR count). The van der Waals surface area contributed by atoms with E-state index in [1.54, 1.807) is 0 Å². The molecule has 1 saturated heterocycles. The van der Waals surface area contributed by atoms with Crippen molar-refractivity contribution in [3.05, 3.63) is 0 Å². The van der Waals surface area contributed by atoms with E-state index in [0.29, 0.717) is 32.0 Å². The summed E-state index contributed by atoms with van der Waals surface area (Å²) < 4.78 is 4.66. The van der Waals surface area contributed by atoms with Crippen LogP contribution in [0.3, 0.4) is 0 Å². The van der Waals surface area contributed by atoms with E-state index in [1.165, 1.54) is 0 Å². The number of imide groups is 1. The summed E-state index contributed by atoms with van der Waals surface area (Å²) in [7, 11) is 0. The fourth-order valence-electron chi connectivity index (χ4n) is 1.24. The lowest BCUT2D eigenvalue weighted by molar-refractivity contribution is -0.128. The van der Waals surface area contributed by atoms with Crippen LogP contribution in [-0.4, -0.2) is 36.6 Å². The lowest BCUT2D eigenvalue weighted by Gasteiger charge is -2.12. The lowest BCUT2D eigenvalue weighted by atomic mass is 10.1. The van der Waals surface area contributed by atoms with E-state index in [0.717, 1.165) is 11.3 Å². The Kier molecular flexibility index (Phi) is 3.88. The van der Waals surface area contributed by atoms with E-state index < -0.39 is 6.09 Å². The molecule has 0 saturated carbocycles. The number of rotatable bonds is 4. The summed E-state index contributed by atoms with van der Waals surface area (Å²) in [6.07, 6.45) is 0.572. The van der Waals surface area contributed by atoms with Crippen molar-refractivity contribution in [1.29, 1.82) is 0 Å². The number of carbonyl (C=O) groups excluding carboxylic acids is 2. The Morgan fingerprint density at radius 2 is 2.43 bits per heavy atom. The van der Waals surface area contributed by atoms with Crippen molar-refractivity contribution in [2.75, 3.05) is 19.7 Å². The van der Waals surface area contributed by atoms with Crippen molar-refractivity contribution in [2.45, 2.75) is 19.8 Å². The Balaban J connectivity index is 2.31. The van der Waals surface area contributed by atoms with Gasteiger partial charge < -0.3 is 10.5 Å². The molecule has 0 aromatic rings. The summed E-state index contributed by atoms with van der Waals surface area (Å²) in [4.78, 5) is 23.6. The third-order valence-electron chi connectivity index (χ3n) is 2.32. The topological polar surface area (TPSA) is 72.6 Å². The van der Waals surface area contributed by atoms with Gasteiger partial charge in [-0.1, -0.05) is 6.92 Å². The number of hydrogen-bond acceptors (Lipinski definition) is 4. The molecular weight excluding hydrogens is 184 g/mol. The summed E-state index contributed by atoms with van der Waals surface area (Å²) in [6.45, 7) is 3.25. The fraction of sp³-hybridized carbons (Fsp3) is 0.778. The Morgan fingerprint density at radius 3 is 2.93 bits per heavy atom. The SMILES string of the molecule is C[C@@H](CN)CCC(=O)N1CCOC1=O. The first-order valence-corrected chi connectivity index (χ1v) is 4.82. The van der Waals surface area contributed by atoms with Gasteiger partial charge in [-0.25, -0.2) is 9.69 Å². The zero-order valence-corrected chi connectivity index (χ0v) is 8.36. The second-order valence-corrected chi connectivity index (χ2v) is 3.54. The first-order chi connectivity index (χ1) is 6.65. The third kappa shape index (κ3) is 2.70. The van der Waals surface area contributed by atoms with Gasteiger partial charge in [0.2, 0.25) is 5.91 Å². The van der Waals surface area contributed by atoms with Gasteiger partial charge in [0.1, 0.15) is 6.61 Å². The van der Waals surface area contributed by atoms with Gasteiger partial charge in [-0.15, -0.1) is 0 Å². The predicted molar refractivity (Wildman–Crippen MR) is 50.5 cm³/mol. The number of ether oxygens (including phenoxy) is 1. The Hall–Kier alpha value is -1.10. The summed E-state index contributed by atoms with van der Waals surface area (Å²) in [5.41, 5.74) is 5.42. The molecule has 0 unspecified atom stereocenters. The lowest BCUT2D eigenvalue weighted by Crippen LogP contribution is -2.31. The van der Waals surface area contributed by atoms with Crippen molar-refractivity contribution in [3.63, 3.8) is 0 Å². The number of nitrogens with zero attached hydrogens (tertiary/aromatic N) is 1. The molecule has 1 aliphatic rings. The van der Waals surface area contributed by atoms with Crippen LogP contribution in [0.1, 0.15) is 19.8 Å². The van der Waals surface area contributed by atoms with E-state index >= 15 is 0 Å². The number of hydrogen-bond donors (Lipinski definition) is 1. The quantitative estimate of drug-likeness (QED) is 0.710. The van der Waals surface area contributed by atoms with Crippen LogP contribution in [0.25, 0.3) is 0 Å². The monoisotopic (exact) mass is 200 g/mol. The highest BCUT2D eigenvalue weighted by Gasteiger charge is 2.27. The molecule has 0 aromatic carbocycles. The molecule has 0 bridgehead atoms. The second-order valence-electron chi connectivity index (χ2n) is 3.54. The van der Waals surface area contributed by atoms with Gasteiger partial charge in [0.15, 0.2) is 0 Å². The second kappa shape index (κ2) is 4.95. The molecule has 0 spiro atoms. The average molecular weight is 200 g/mol. The smallest absolute Gasteiger partial charge is 0.416 e. The van der Waals surface area contributed by atoms with Gasteiger partial charge in [-0.2, -0.15) is 0 Å². The van der Waals surface area contributed by atoms with Crippen LogP contribution in [0.2, 0.25) is 0 Å². The molecule has 0 aromatic heterocycles. The van der Waals surface area contributed by atoms with Crippen LogP contribution in [-0.2, 0) is 9.53 Å². The summed E-state index contributed by atoms with van der Waals surface area (Å²) in [6, 6.07) is 0. The molecular formula is C9H16N2O3. The van der Waals surface area contributed by atoms with Crippen molar-refractivity contribution < 1.29 is 14.3 Å². The molecule has 1 atom stereocenters. The average Bonchev–Trinajstić information content (AvgIpc) is 2.60. The normalized spacial score (nSPS) is 18.1. The van der Waals surface area contributed by atoms with Crippen LogP contribution in [0, 0.1) is 5.92 Å². The standard InChI is InChI=1S/C9H16N2O3/c1-7(6-10)2-3-8(12)11-4-5-14-9(11)13/h7H,2-6,10H2,1H3/t7-/m1/s1. The summed E-state index contributed by atoms with van der Waals surface area (Å²) in [5, 5.41) is 0. The Morgan fingerprint density at radius 1 is 1.71 bits per heavy atom. The van der Waals surface area contributed by atoms with Crippen LogP contribution in [0.15, 0.2) is 0 Å². The molecule has 0 radical (unpaired) electrons. The van der Waals surface area contributed by atoms with Crippen molar-refractivity contribution >= 4 is 12.0 Å². The number of nitrogens with two attached hydrogens (primary N) is 1. The summed E-state index contributed by atoms with van der Waals surface area (Å²) in [5.74, 6) is 0.158. The highest BCUT2D eigenvalue weighted by atomic mass is 16.6. The van der Waals surface area contributed by atoms with Crippen molar-refractivity contribution in [2.24, 2.45) is 11.7 Å². The van der Waals surface area contributed by atoms with Crippen LogP contribution >= 0.6 is 0 Å². The van der Waals surface area contributed by atoms with Gasteiger partial charge in [0.25, 0.3) is 0 Å². The van der Waals surface area contributed by atoms with Crippen LogP contribution < -0.4 is 5.73 Å². The van der Waals surface area contributed by atoms with Gasteiger partial charge >= 0.3 is 6.09 Å². The molecule has 5 nitrogen and oxygen atoms in total. The molecule has 2 N–H and O–H groups in total.